The topological polar surface area (TPSA) is 45.6 Å². The van der Waals surface area contributed by atoms with Gasteiger partial charge in [-0.1, -0.05) is 19.9 Å². The highest BCUT2D eigenvalue weighted by atomic mass is 19.4. The summed E-state index contributed by atoms with van der Waals surface area (Å²) in [5, 5.41) is 9.76. The number of hydrogen-bond acceptors (Lipinski definition) is 4. The van der Waals surface area contributed by atoms with Crippen molar-refractivity contribution < 1.29 is 23.0 Å². The predicted octanol–water partition coefficient (Wildman–Crippen LogP) is 5.44. The SMILES string of the molecule is CC/C=C(\CC)c1c(CO)ccnc1N(C)c1ccc(OC(F)(F)F)cc1. The summed E-state index contributed by atoms with van der Waals surface area (Å²) in [5.41, 5.74) is 3.32. The van der Waals surface area contributed by atoms with E-state index in [1.54, 1.807) is 24.2 Å². The number of hydrogen-bond donors (Lipinski definition) is 1. The number of nitrogens with zero attached hydrogens (tertiary/aromatic N) is 2. The van der Waals surface area contributed by atoms with Crippen LogP contribution in [0.5, 0.6) is 5.75 Å². The fraction of sp³-hybridized carbons (Fsp3) is 0.350. The molecule has 0 aliphatic carbocycles. The van der Waals surface area contributed by atoms with E-state index in [0.29, 0.717) is 11.5 Å². The third-order valence-corrected chi connectivity index (χ3v) is 4.12. The van der Waals surface area contributed by atoms with Crippen molar-refractivity contribution in [2.45, 2.75) is 39.7 Å². The first-order valence-corrected chi connectivity index (χ1v) is 8.68. The smallest absolute Gasteiger partial charge is 0.406 e. The van der Waals surface area contributed by atoms with E-state index in [-0.39, 0.29) is 12.4 Å². The molecule has 1 aromatic heterocycles. The number of allylic oxidation sites excluding steroid dienone is 2. The zero-order valence-electron chi connectivity index (χ0n) is 15.5. The van der Waals surface area contributed by atoms with Crippen LogP contribution in [0.3, 0.4) is 0 Å². The Hall–Kier alpha value is -2.54. The molecule has 0 fully saturated rings. The number of rotatable bonds is 7. The average Bonchev–Trinajstić information content (AvgIpc) is 2.64. The van der Waals surface area contributed by atoms with Crippen LogP contribution in [0.2, 0.25) is 0 Å². The molecule has 0 unspecified atom stereocenters. The van der Waals surface area contributed by atoms with Crippen molar-refractivity contribution >= 4 is 17.1 Å². The Kier molecular flexibility index (Phi) is 6.85. The number of anilines is 2. The van der Waals surface area contributed by atoms with Crippen LogP contribution in [0.1, 0.15) is 37.8 Å². The van der Waals surface area contributed by atoms with E-state index in [0.717, 1.165) is 29.5 Å². The Morgan fingerprint density at radius 2 is 1.85 bits per heavy atom. The van der Waals surface area contributed by atoms with E-state index in [1.807, 2.05) is 13.8 Å². The predicted molar refractivity (Wildman–Crippen MR) is 99.9 cm³/mol. The van der Waals surface area contributed by atoms with E-state index in [1.165, 1.54) is 24.3 Å². The fourth-order valence-electron chi connectivity index (χ4n) is 2.89. The molecular weight excluding hydrogens is 357 g/mol. The molecule has 1 aromatic carbocycles. The third-order valence-electron chi connectivity index (χ3n) is 4.12. The standard InChI is InChI=1S/C20H23F3N2O2/c1-4-6-14(5-2)18-15(13-26)11-12-24-19(18)25(3)16-7-9-17(10-8-16)27-20(21,22)23/h6-12,26H,4-5,13H2,1-3H3/b14-6+. The molecular formula is C20H23F3N2O2. The van der Waals surface area contributed by atoms with Crippen molar-refractivity contribution in [3.63, 3.8) is 0 Å². The molecule has 27 heavy (non-hydrogen) atoms. The summed E-state index contributed by atoms with van der Waals surface area (Å²) >= 11 is 0. The molecule has 2 aromatic rings. The molecule has 146 valence electrons. The van der Waals surface area contributed by atoms with Crippen molar-refractivity contribution in [2.24, 2.45) is 0 Å². The van der Waals surface area contributed by atoms with Gasteiger partial charge in [0.1, 0.15) is 11.6 Å². The number of alkyl halides is 3. The summed E-state index contributed by atoms with van der Waals surface area (Å²) in [6.45, 7) is 3.94. The second-order valence-electron chi connectivity index (χ2n) is 5.92. The minimum Gasteiger partial charge on any atom is -0.406 e. The zero-order valence-corrected chi connectivity index (χ0v) is 15.5. The van der Waals surface area contributed by atoms with Gasteiger partial charge in [0, 0.05) is 24.5 Å². The van der Waals surface area contributed by atoms with Crippen LogP contribution in [0.15, 0.2) is 42.6 Å². The third kappa shape index (κ3) is 5.23. The van der Waals surface area contributed by atoms with Crippen molar-refractivity contribution in [3.8, 4) is 5.75 Å². The molecule has 4 nitrogen and oxygen atoms in total. The van der Waals surface area contributed by atoms with Gasteiger partial charge < -0.3 is 14.7 Å². The number of aliphatic hydroxyl groups is 1. The van der Waals surface area contributed by atoms with E-state index >= 15 is 0 Å². The summed E-state index contributed by atoms with van der Waals surface area (Å²) in [4.78, 5) is 6.24. The molecule has 2 rings (SSSR count). The summed E-state index contributed by atoms with van der Waals surface area (Å²) in [6.07, 6.45) is 0.592. The maximum absolute atomic E-state index is 12.3. The van der Waals surface area contributed by atoms with Crippen molar-refractivity contribution in [2.75, 3.05) is 11.9 Å². The first kappa shape index (κ1) is 20.8. The van der Waals surface area contributed by atoms with Crippen LogP contribution >= 0.6 is 0 Å². The Bertz CT molecular complexity index is 787. The lowest BCUT2D eigenvalue weighted by molar-refractivity contribution is -0.274. The Morgan fingerprint density at radius 3 is 2.37 bits per heavy atom. The number of ether oxygens (including phenoxy) is 1. The maximum atomic E-state index is 12.3. The molecule has 1 N–H and O–H groups in total. The first-order valence-electron chi connectivity index (χ1n) is 8.68. The van der Waals surface area contributed by atoms with Gasteiger partial charge in [-0.05, 0) is 54.3 Å². The van der Waals surface area contributed by atoms with E-state index in [2.05, 4.69) is 15.8 Å². The quantitative estimate of drug-likeness (QED) is 0.694. The normalized spacial score (nSPS) is 12.2. The Labute approximate surface area is 156 Å². The highest BCUT2D eigenvalue weighted by Crippen LogP contribution is 2.35. The molecule has 0 spiro atoms. The van der Waals surface area contributed by atoms with Gasteiger partial charge in [-0.2, -0.15) is 0 Å². The number of halogens is 3. The number of benzene rings is 1. The monoisotopic (exact) mass is 380 g/mol. The lowest BCUT2D eigenvalue weighted by Gasteiger charge is -2.24. The van der Waals surface area contributed by atoms with Gasteiger partial charge in [0.25, 0.3) is 0 Å². The number of pyridine rings is 1. The van der Waals surface area contributed by atoms with Gasteiger partial charge in [-0.15, -0.1) is 13.2 Å². The molecule has 0 aliphatic heterocycles. The first-order chi connectivity index (χ1) is 12.8. The molecule has 7 heteroatoms. The van der Waals surface area contributed by atoms with Gasteiger partial charge in [0.15, 0.2) is 0 Å². The van der Waals surface area contributed by atoms with Crippen LogP contribution in [0.4, 0.5) is 24.7 Å². The summed E-state index contributed by atoms with van der Waals surface area (Å²) in [7, 11) is 1.78. The summed E-state index contributed by atoms with van der Waals surface area (Å²) in [5.74, 6) is 0.352. The second-order valence-corrected chi connectivity index (χ2v) is 5.92. The van der Waals surface area contributed by atoms with Crippen molar-refractivity contribution in [3.05, 3.63) is 53.7 Å². The number of aliphatic hydroxyl groups excluding tert-OH is 1. The van der Waals surface area contributed by atoms with Crippen molar-refractivity contribution in [1.82, 2.24) is 4.98 Å². The van der Waals surface area contributed by atoms with Gasteiger partial charge >= 0.3 is 6.36 Å². The Balaban J connectivity index is 2.44. The fourth-order valence-corrected chi connectivity index (χ4v) is 2.89. The van der Waals surface area contributed by atoms with Crippen LogP contribution in [0.25, 0.3) is 5.57 Å². The Morgan fingerprint density at radius 1 is 1.19 bits per heavy atom. The van der Waals surface area contributed by atoms with Gasteiger partial charge in [-0.25, -0.2) is 4.98 Å². The van der Waals surface area contributed by atoms with Crippen molar-refractivity contribution in [1.29, 1.82) is 0 Å². The van der Waals surface area contributed by atoms with Crippen LogP contribution in [-0.4, -0.2) is 23.5 Å². The van der Waals surface area contributed by atoms with E-state index in [9.17, 15) is 18.3 Å². The molecule has 1 heterocycles. The van der Waals surface area contributed by atoms with Crippen LogP contribution in [0, 0.1) is 0 Å². The summed E-state index contributed by atoms with van der Waals surface area (Å²) < 4.78 is 40.9. The minimum absolute atomic E-state index is 0.127. The van der Waals surface area contributed by atoms with Crippen LogP contribution < -0.4 is 9.64 Å². The molecule has 0 atom stereocenters. The molecule has 0 radical (unpaired) electrons. The van der Waals surface area contributed by atoms with E-state index in [4.69, 9.17) is 0 Å². The largest absolute Gasteiger partial charge is 0.573 e. The minimum atomic E-state index is -4.72. The molecule has 0 aliphatic rings. The van der Waals surface area contributed by atoms with Gasteiger partial charge in [0.2, 0.25) is 0 Å². The molecule has 0 saturated carbocycles. The molecule has 0 amide bonds. The van der Waals surface area contributed by atoms with Crippen LogP contribution in [-0.2, 0) is 6.61 Å². The average molecular weight is 380 g/mol. The number of aromatic nitrogens is 1. The lowest BCUT2D eigenvalue weighted by Crippen LogP contribution is -2.17. The lowest BCUT2D eigenvalue weighted by atomic mass is 9.97. The van der Waals surface area contributed by atoms with Gasteiger partial charge in [-0.3, -0.25) is 0 Å². The zero-order chi connectivity index (χ0) is 20.0. The summed E-state index contributed by atoms with van der Waals surface area (Å²) in [6, 6.07) is 7.36. The maximum Gasteiger partial charge on any atom is 0.573 e. The highest BCUT2D eigenvalue weighted by Gasteiger charge is 2.31. The molecule has 0 bridgehead atoms. The van der Waals surface area contributed by atoms with E-state index < -0.39 is 6.36 Å². The molecule has 0 saturated heterocycles. The second kappa shape index (κ2) is 8.90. The van der Waals surface area contributed by atoms with Gasteiger partial charge in [0.05, 0.1) is 6.61 Å². The highest BCUT2D eigenvalue weighted by molar-refractivity contribution is 5.79.